The Kier molecular flexibility index (Phi) is 5.17. The SMILES string of the molecule is CC(C)NCc1csc(N(C)C(C)C(C)(C)C)n1. The van der Waals surface area contributed by atoms with Crippen molar-refractivity contribution in [2.45, 2.75) is 60.2 Å². The zero-order valence-electron chi connectivity index (χ0n) is 12.7. The number of hydrogen-bond acceptors (Lipinski definition) is 4. The predicted octanol–water partition coefficient (Wildman–Crippen LogP) is 3.51. The van der Waals surface area contributed by atoms with Gasteiger partial charge < -0.3 is 10.2 Å². The van der Waals surface area contributed by atoms with E-state index in [1.807, 2.05) is 0 Å². The highest BCUT2D eigenvalue weighted by atomic mass is 32.1. The smallest absolute Gasteiger partial charge is 0.185 e. The maximum absolute atomic E-state index is 4.70. The summed E-state index contributed by atoms with van der Waals surface area (Å²) in [6.07, 6.45) is 0. The van der Waals surface area contributed by atoms with E-state index in [4.69, 9.17) is 4.98 Å². The Balaban J connectivity index is 2.67. The lowest BCUT2D eigenvalue weighted by Gasteiger charge is -2.35. The minimum Gasteiger partial charge on any atom is -0.348 e. The maximum atomic E-state index is 4.70. The molecule has 18 heavy (non-hydrogen) atoms. The van der Waals surface area contributed by atoms with Crippen LogP contribution in [0.1, 0.15) is 47.2 Å². The van der Waals surface area contributed by atoms with Gasteiger partial charge in [-0.1, -0.05) is 34.6 Å². The van der Waals surface area contributed by atoms with E-state index in [0.717, 1.165) is 17.4 Å². The molecule has 3 nitrogen and oxygen atoms in total. The fourth-order valence-electron chi connectivity index (χ4n) is 1.59. The summed E-state index contributed by atoms with van der Waals surface area (Å²) in [4.78, 5) is 6.98. The lowest BCUT2D eigenvalue weighted by molar-refractivity contribution is 0.329. The molecule has 1 atom stereocenters. The van der Waals surface area contributed by atoms with Crippen molar-refractivity contribution < 1.29 is 0 Å². The summed E-state index contributed by atoms with van der Waals surface area (Å²) in [5.74, 6) is 0. The van der Waals surface area contributed by atoms with E-state index >= 15 is 0 Å². The number of nitrogens with zero attached hydrogens (tertiary/aromatic N) is 2. The third-order valence-corrected chi connectivity index (χ3v) is 4.35. The minimum absolute atomic E-state index is 0.261. The Morgan fingerprint density at radius 3 is 2.44 bits per heavy atom. The first-order valence-electron chi connectivity index (χ1n) is 6.62. The van der Waals surface area contributed by atoms with E-state index in [1.54, 1.807) is 11.3 Å². The van der Waals surface area contributed by atoms with Crippen molar-refractivity contribution in [3.05, 3.63) is 11.1 Å². The first kappa shape index (κ1) is 15.4. The van der Waals surface area contributed by atoms with Crippen LogP contribution in [0, 0.1) is 5.41 Å². The normalized spacial score (nSPS) is 14.0. The van der Waals surface area contributed by atoms with Gasteiger partial charge in [-0.15, -0.1) is 11.3 Å². The lowest BCUT2D eigenvalue weighted by atomic mass is 9.87. The van der Waals surface area contributed by atoms with Gasteiger partial charge in [0.2, 0.25) is 0 Å². The van der Waals surface area contributed by atoms with Crippen LogP contribution in [-0.4, -0.2) is 24.1 Å². The molecule has 0 radical (unpaired) electrons. The molecular formula is C14H27N3S. The van der Waals surface area contributed by atoms with Crippen LogP contribution in [0.3, 0.4) is 0 Å². The summed E-state index contributed by atoms with van der Waals surface area (Å²) in [5, 5.41) is 6.66. The molecular weight excluding hydrogens is 242 g/mol. The first-order chi connectivity index (χ1) is 8.21. The maximum Gasteiger partial charge on any atom is 0.185 e. The summed E-state index contributed by atoms with van der Waals surface area (Å²) in [6, 6.07) is 0.968. The third kappa shape index (κ3) is 4.25. The van der Waals surface area contributed by atoms with Crippen LogP contribution in [0.25, 0.3) is 0 Å². The molecule has 1 N–H and O–H groups in total. The van der Waals surface area contributed by atoms with E-state index in [2.05, 4.69) is 64.2 Å². The largest absolute Gasteiger partial charge is 0.348 e. The second-order valence-corrected chi connectivity index (χ2v) is 7.15. The van der Waals surface area contributed by atoms with Crippen LogP contribution < -0.4 is 10.2 Å². The molecule has 1 unspecified atom stereocenters. The quantitative estimate of drug-likeness (QED) is 0.886. The second-order valence-electron chi connectivity index (χ2n) is 6.31. The molecule has 0 saturated carbocycles. The van der Waals surface area contributed by atoms with Gasteiger partial charge in [0, 0.05) is 31.1 Å². The molecule has 4 heteroatoms. The van der Waals surface area contributed by atoms with Crippen LogP contribution in [0.2, 0.25) is 0 Å². The van der Waals surface area contributed by atoms with Crippen molar-refractivity contribution in [1.82, 2.24) is 10.3 Å². The van der Waals surface area contributed by atoms with Crippen LogP contribution in [0.5, 0.6) is 0 Å². The number of nitrogens with one attached hydrogen (secondary N) is 1. The average molecular weight is 269 g/mol. The van der Waals surface area contributed by atoms with Crippen molar-refractivity contribution in [3.8, 4) is 0 Å². The molecule has 0 aliphatic carbocycles. The summed E-state index contributed by atoms with van der Waals surface area (Å²) < 4.78 is 0. The number of rotatable bonds is 5. The van der Waals surface area contributed by atoms with E-state index in [9.17, 15) is 0 Å². The summed E-state index contributed by atoms with van der Waals surface area (Å²) >= 11 is 1.73. The lowest BCUT2D eigenvalue weighted by Crippen LogP contribution is -2.39. The van der Waals surface area contributed by atoms with E-state index in [1.165, 1.54) is 0 Å². The number of thiazole rings is 1. The summed E-state index contributed by atoms with van der Waals surface area (Å²) in [7, 11) is 2.13. The van der Waals surface area contributed by atoms with Gasteiger partial charge in [0.05, 0.1) is 5.69 Å². The molecule has 0 amide bonds. The predicted molar refractivity (Wildman–Crippen MR) is 81.4 cm³/mol. The van der Waals surface area contributed by atoms with Gasteiger partial charge in [0.25, 0.3) is 0 Å². The van der Waals surface area contributed by atoms with Gasteiger partial charge in [-0.05, 0) is 12.3 Å². The Morgan fingerprint density at radius 2 is 1.94 bits per heavy atom. The van der Waals surface area contributed by atoms with Crippen molar-refractivity contribution in [3.63, 3.8) is 0 Å². The molecule has 0 aromatic carbocycles. The van der Waals surface area contributed by atoms with Crippen molar-refractivity contribution >= 4 is 16.5 Å². The number of anilines is 1. The highest BCUT2D eigenvalue weighted by Gasteiger charge is 2.25. The van der Waals surface area contributed by atoms with Crippen molar-refractivity contribution in [1.29, 1.82) is 0 Å². The molecule has 0 bridgehead atoms. The van der Waals surface area contributed by atoms with Crippen LogP contribution >= 0.6 is 11.3 Å². The van der Waals surface area contributed by atoms with E-state index < -0.39 is 0 Å². The van der Waals surface area contributed by atoms with Crippen molar-refractivity contribution in [2.75, 3.05) is 11.9 Å². The van der Waals surface area contributed by atoms with E-state index in [-0.39, 0.29) is 5.41 Å². The van der Waals surface area contributed by atoms with Gasteiger partial charge >= 0.3 is 0 Å². The Labute approximate surface area is 116 Å². The molecule has 0 saturated heterocycles. The molecule has 0 aliphatic heterocycles. The molecule has 0 aliphatic rings. The van der Waals surface area contributed by atoms with Crippen LogP contribution in [0.15, 0.2) is 5.38 Å². The molecule has 0 spiro atoms. The first-order valence-corrected chi connectivity index (χ1v) is 7.50. The van der Waals surface area contributed by atoms with Gasteiger partial charge in [0.1, 0.15) is 0 Å². The average Bonchev–Trinajstić information content (AvgIpc) is 2.71. The highest BCUT2D eigenvalue weighted by molar-refractivity contribution is 7.13. The molecule has 104 valence electrons. The molecule has 1 rings (SSSR count). The topological polar surface area (TPSA) is 28.2 Å². The molecule has 0 fully saturated rings. The third-order valence-electron chi connectivity index (χ3n) is 3.37. The highest BCUT2D eigenvalue weighted by Crippen LogP contribution is 2.29. The fraction of sp³-hybridized carbons (Fsp3) is 0.786. The standard InChI is InChI=1S/C14H27N3S/c1-10(2)15-8-12-9-18-13(16-12)17(7)11(3)14(4,5)6/h9-11,15H,8H2,1-7H3. The summed E-state index contributed by atoms with van der Waals surface area (Å²) in [6.45, 7) is 14.2. The minimum atomic E-state index is 0.261. The van der Waals surface area contributed by atoms with Gasteiger partial charge in [-0.2, -0.15) is 0 Å². The van der Waals surface area contributed by atoms with Crippen molar-refractivity contribution in [2.24, 2.45) is 5.41 Å². The van der Waals surface area contributed by atoms with E-state index in [0.29, 0.717) is 12.1 Å². The molecule has 1 heterocycles. The van der Waals surface area contributed by atoms with Gasteiger partial charge in [0.15, 0.2) is 5.13 Å². The van der Waals surface area contributed by atoms with Gasteiger partial charge in [-0.3, -0.25) is 0 Å². The monoisotopic (exact) mass is 269 g/mol. The molecule has 1 aromatic heterocycles. The summed E-state index contributed by atoms with van der Waals surface area (Å²) in [5.41, 5.74) is 1.40. The fourth-order valence-corrected chi connectivity index (χ4v) is 2.47. The Morgan fingerprint density at radius 1 is 1.33 bits per heavy atom. The van der Waals surface area contributed by atoms with Crippen LogP contribution in [0.4, 0.5) is 5.13 Å². The number of hydrogen-bond donors (Lipinski definition) is 1. The zero-order valence-corrected chi connectivity index (χ0v) is 13.6. The number of aromatic nitrogens is 1. The Hall–Kier alpha value is -0.610. The zero-order chi connectivity index (χ0) is 13.9. The Bertz CT molecular complexity index is 365. The second kappa shape index (κ2) is 6.02. The van der Waals surface area contributed by atoms with Gasteiger partial charge in [-0.25, -0.2) is 4.98 Å². The van der Waals surface area contributed by atoms with Crippen LogP contribution in [-0.2, 0) is 6.54 Å². The molecule has 1 aromatic rings.